The Morgan fingerprint density at radius 3 is 2.75 bits per heavy atom. The minimum absolute atomic E-state index is 0.896. The summed E-state index contributed by atoms with van der Waals surface area (Å²) in [5.74, 6) is 0.896. The molecule has 1 atom stereocenters. The highest BCUT2D eigenvalue weighted by Gasteiger charge is 2.15. The fourth-order valence-electron chi connectivity index (χ4n) is 2.10. The van der Waals surface area contributed by atoms with Gasteiger partial charge in [-0.15, -0.1) is 0 Å². The Morgan fingerprint density at radius 1 is 1.33 bits per heavy atom. The van der Waals surface area contributed by atoms with Crippen LogP contribution in [0.15, 0.2) is 0 Å². The van der Waals surface area contributed by atoms with Crippen molar-refractivity contribution in [3.05, 3.63) is 0 Å². The lowest BCUT2D eigenvalue weighted by Crippen LogP contribution is -2.30. The molecular formula is C10H22N2. The van der Waals surface area contributed by atoms with E-state index in [2.05, 4.69) is 30.9 Å². The molecule has 2 heteroatoms. The van der Waals surface area contributed by atoms with Gasteiger partial charge in [0.2, 0.25) is 0 Å². The van der Waals surface area contributed by atoms with Crippen LogP contribution in [0.3, 0.4) is 0 Å². The Morgan fingerprint density at radius 2 is 2.08 bits per heavy atom. The summed E-state index contributed by atoms with van der Waals surface area (Å²) in [6, 6.07) is 0. The molecule has 0 saturated carbocycles. The van der Waals surface area contributed by atoms with E-state index in [0.29, 0.717) is 0 Å². The van der Waals surface area contributed by atoms with Gasteiger partial charge in [-0.3, -0.25) is 0 Å². The second-order valence-electron chi connectivity index (χ2n) is 4.39. The van der Waals surface area contributed by atoms with Crippen LogP contribution in [0.1, 0.15) is 19.3 Å². The van der Waals surface area contributed by atoms with Crippen LogP contribution in [-0.4, -0.2) is 50.6 Å². The zero-order valence-electron chi connectivity index (χ0n) is 8.71. The molecule has 1 heterocycles. The summed E-state index contributed by atoms with van der Waals surface area (Å²) in [7, 11) is 6.59. The molecular weight excluding hydrogens is 148 g/mol. The summed E-state index contributed by atoms with van der Waals surface area (Å²) >= 11 is 0. The van der Waals surface area contributed by atoms with Gasteiger partial charge in [0.1, 0.15) is 0 Å². The Bertz CT molecular complexity index is 123. The predicted molar refractivity (Wildman–Crippen MR) is 53.4 cm³/mol. The van der Waals surface area contributed by atoms with E-state index in [1.54, 1.807) is 0 Å². The number of hydrogen-bond acceptors (Lipinski definition) is 2. The first-order chi connectivity index (χ1) is 5.68. The summed E-state index contributed by atoms with van der Waals surface area (Å²) in [6.07, 6.45) is 4.23. The van der Waals surface area contributed by atoms with Crippen LogP contribution >= 0.6 is 0 Å². The average Bonchev–Trinajstić information content (AvgIpc) is 2.12. The summed E-state index contributed by atoms with van der Waals surface area (Å²) < 4.78 is 0. The minimum Gasteiger partial charge on any atom is -0.309 e. The van der Waals surface area contributed by atoms with Gasteiger partial charge in [-0.1, -0.05) is 6.42 Å². The molecule has 1 fully saturated rings. The molecule has 0 aromatic rings. The van der Waals surface area contributed by atoms with Gasteiger partial charge >= 0.3 is 0 Å². The standard InChI is InChI=1S/C10H22N2/c1-11(2)8-10-6-4-5-7-12(3)9-10/h10H,4-9H2,1-3H3. The van der Waals surface area contributed by atoms with Crippen LogP contribution in [0.2, 0.25) is 0 Å². The molecule has 72 valence electrons. The molecule has 1 aliphatic heterocycles. The van der Waals surface area contributed by atoms with Gasteiger partial charge in [0.25, 0.3) is 0 Å². The van der Waals surface area contributed by atoms with Gasteiger partial charge in [-0.25, -0.2) is 0 Å². The molecule has 2 nitrogen and oxygen atoms in total. The van der Waals surface area contributed by atoms with Crippen molar-refractivity contribution in [3.63, 3.8) is 0 Å². The fourth-order valence-corrected chi connectivity index (χ4v) is 2.10. The second kappa shape index (κ2) is 4.83. The maximum atomic E-state index is 2.47. The Hall–Kier alpha value is -0.0800. The van der Waals surface area contributed by atoms with E-state index in [9.17, 15) is 0 Å². The molecule has 1 saturated heterocycles. The Labute approximate surface area is 76.5 Å². The van der Waals surface area contributed by atoms with Crippen molar-refractivity contribution in [1.29, 1.82) is 0 Å². The summed E-state index contributed by atoms with van der Waals surface area (Å²) in [6.45, 7) is 3.84. The van der Waals surface area contributed by atoms with E-state index >= 15 is 0 Å². The fraction of sp³-hybridized carbons (Fsp3) is 1.00. The maximum absolute atomic E-state index is 2.47. The minimum atomic E-state index is 0.896. The monoisotopic (exact) mass is 170 g/mol. The largest absolute Gasteiger partial charge is 0.309 e. The van der Waals surface area contributed by atoms with Gasteiger partial charge < -0.3 is 9.80 Å². The van der Waals surface area contributed by atoms with E-state index in [0.717, 1.165) is 5.92 Å². The number of likely N-dealkylation sites (tertiary alicyclic amines) is 1. The average molecular weight is 170 g/mol. The Kier molecular flexibility index (Phi) is 4.02. The van der Waals surface area contributed by atoms with Gasteiger partial charge in [0.05, 0.1) is 0 Å². The van der Waals surface area contributed by atoms with Crippen molar-refractivity contribution in [3.8, 4) is 0 Å². The zero-order valence-corrected chi connectivity index (χ0v) is 8.71. The highest BCUT2D eigenvalue weighted by atomic mass is 15.1. The highest BCUT2D eigenvalue weighted by Crippen LogP contribution is 2.15. The van der Waals surface area contributed by atoms with Crippen LogP contribution in [0.4, 0.5) is 0 Å². The van der Waals surface area contributed by atoms with Crippen molar-refractivity contribution in [1.82, 2.24) is 9.80 Å². The highest BCUT2D eigenvalue weighted by molar-refractivity contribution is 4.70. The van der Waals surface area contributed by atoms with Crippen molar-refractivity contribution in [2.75, 3.05) is 40.8 Å². The summed E-state index contributed by atoms with van der Waals surface area (Å²) in [5, 5.41) is 0. The molecule has 0 bridgehead atoms. The second-order valence-corrected chi connectivity index (χ2v) is 4.39. The van der Waals surface area contributed by atoms with Crippen molar-refractivity contribution < 1.29 is 0 Å². The van der Waals surface area contributed by atoms with E-state index in [1.807, 2.05) is 0 Å². The van der Waals surface area contributed by atoms with Crippen LogP contribution in [-0.2, 0) is 0 Å². The van der Waals surface area contributed by atoms with Crippen molar-refractivity contribution >= 4 is 0 Å². The smallest absolute Gasteiger partial charge is 0.00188 e. The molecule has 1 rings (SSSR count). The van der Waals surface area contributed by atoms with Gasteiger partial charge in [-0.2, -0.15) is 0 Å². The van der Waals surface area contributed by atoms with Crippen molar-refractivity contribution in [2.45, 2.75) is 19.3 Å². The van der Waals surface area contributed by atoms with E-state index < -0.39 is 0 Å². The molecule has 0 radical (unpaired) electrons. The Balaban J connectivity index is 2.31. The molecule has 1 unspecified atom stereocenters. The first-order valence-corrected chi connectivity index (χ1v) is 5.02. The van der Waals surface area contributed by atoms with Crippen LogP contribution in [0.5, 0.6) is 0 Å². The topological polar surface area (TPSA) is 6.48 Å². The SMILES string of the molecule is CN(C)CC1CCCCN(C)C1. The summed E-state index contributed by atoms with van der Waals surface area (Å²) in [5.41, 5.74) is 0. The lowest BCUT2D eigenvalue weighted by atomic mass is 10.0. The maximum Gasteiger partial charge on any atom is 0.00188 e. The molecule has 0 aromatic heterocycles. The lowest BCUT2D eigenvalue weighted by Gasteiger charge is -2.22. The van der Waals surface area contributed by atoms with Gasteiger partial charge in [-0.05, 0) is 46.4 Å². The van der Waals surface area contributed by atoms with Crippen molar-refractivity contribution in [2.24, 2.45) is 5.92 Å². The lowest BCUT2D eigenvalue weighted by molar-refractivity contribution is 0.248. The number of rotatable bonds is 2. The molecule has 0 aromatic carbocycles. The zero-order chi connectivity index (χ0) is 8.97. The number of hydrogen-bond donors (Lipinski definition) is 0. The molecule has 0 amide bonds. The molecule has 0 aliphatic carbocycles. The van der Waals surface area contributed by atoms with Gasteiger partial charge in [0, 0.05) is 13.1 Å². The summed E-state index contributed by atoms with van der Waals surface area (Å²) in [4.78, 5) is 4.78. The third-order valence-electron chi connectivity index (χ3n) is 2.60. The van der Waals surface area contributed by atoms with E-state index in [4.69, 9.17) is 0 Å². The van der Waals surface area contributed by atoms with Crippen LogP contribution in [0, 0.1) is 5.92 Å². The van der Waals surface area contributed by atoms with E-state index in [-0.39, 0.29) is 0 Å². The molecule has 12 heavy (non-hydrogen) atoms. The molecule has 0 N–H and O–H groups in total. The van der Waals surface area contributed by atoms with E-state index in [1.165, 1.54) is 38.9 Å². The molecule has 1 aliphatic rings. The quantitative estimate of drug-likeness (QED) is 0.616. The van der Waals surface area contributed by atoms with Crippen LogP contribution < -0.4 is 0 Å². The third kappa shape index (κ3) is 3.55. The first kappa shape index (κ1) is 10.0. The number of nitrogens with zero attached hydrogens (tertiary/aromatic N) is 2. The first-order valence-electron chi connectivity index (χ1n) is 5.02. The van der Waals surface area contributed by atoms with Crippen LogP contribution in [0.25, 0.3) is 0 Å². The normalized spacial score (nSPS) is 27.5. The van der Waals surface area contributed by atoms with Gasteiger partial charge in [0.15, 0.2) is 0 Å². The predicted octanol–water partition coefficient (Wildman–Crippen LogP) is 1.28. The third-order valence-corrected chi connectivity index (χ3v) is 2.60. The molecule has 0 spiro atoms.